The molecule has 0 amide bonds. The second-order valence-corrected chi connectivity index (χ2v) is 10.5. The fourth-order valence-electron chi connectivity index (χ4n) is 4.34. The van der Waals surface area contributed by atoms with Gasteiger partial charge in [-0.15, -0.1) is 11.3 Å². The zero-order chi connectivity index (χ0) is 22.3. The van der Waals surface area contributed by atoms with Crippen LogP contribution in [0.15, 0.2) is 82.2 Å². The molecule has 8 heteroatoms. The molecular weight excluding hydrogens is 444 g/mol. The summed E-state index contributed by atoms with van der Waals surface area (Å²) in [4.78, 5) is 14.1. The van der Waals surface area contributed by atoms with E-state index in [2.05, 4.69) is 5.32 Å². The molecule has 0 saturated carbocycles. The maximum absolute atomic E-state index is 14.1. The molecular formula is C24H22N2O4S2. The SMILES string of the molecule is COc1ccc(S(=O)(=O)N2c3ccccc3NC3=C(C(=O)CCC3)[C@H]2c2cccs2)cc1. The summed E-state index contributed by atoms with van der Waals surface area (Å²) in [5.74, 6) is 0.559. The Kier molecular flexibility index (Phi) is 5.27. The van der Waals surface area contributed by atoms with Gasteiger partial charge in [0.1, 0.15) is 11.8 Å². The fraction of sp³-hybridized carbons (Fsp3) is 0.208. The lowest BCUT2D eigenvalue weighted by Crippen LogP contribution is -2.37. The van der Waals surface area contributed by atoms with E-state index >= 15 is 0 Å². The van der Waals surface area contributed by atoms with Crippen molar-refractivity contribution in [2.75, 3.05) is 16.7 Å². The lowest BCUT2D eigenvalue weighted by molar-refractivity contribution is -0.116. The standard InChI is InChI=1S/C24H22N2O4S2/c1-30-16-11-13-17(14-12-16)32(28,29)26-20-8-3-2-6-18(20)25-19-7-4-9-21(27)23(19)24(26)22-10-5-15-31-22/h2-3,5-6,8,10-15,24-25H,4,7,9H2,1H3/t24-/m1/s1. The van der Waals surface area contributed by atoms with E-state index in [4.69, 9.17) is 4.74 Å². The van der Waals surface area contributed by atoms with E-state index in [0.29, 0.717) is 35.5 Å². The topological polar surface area (TPSA) is 75.7 Å². The van der Waals surface area contributed by atoms with Crippen molar-refractivity contribution in [1.82, 2.24) is 0 Å². The van der Waals surface area contributed by atoms with Gasteiger partial charge in [0.15, 0.2) is 5.78 Å². The number of methoxy groups -OCH3 is 1. The van der Waals surface area contributed by atoms with Crippen molar-refractivity contribution in [3.63, 3.8) is 0 Å². The number of carbonyl (C=O) groups is 1. The number of nitrogens with one attached hydrogen (secondary N) is 1. The number of sulfonamides is 1. The Morgan fingerprint density at radius 2 is 1.81 bits per heavy atom. The van der Waals surface area contributed by atoms with Crippen molar-refractivity contribution >= 4 is 38.5 Å². The van der Waals surface area contributed by atoms with Crippen LogP contribution in [0.2, 0.25) is 0 Å². The molecule has 1 aliphatic carbocycles. The van der Waals surface area contributed by atoms with Crippen LogP contribution in [-0.2, 0) is 14.8 Å². The number of Topliss-reactive ketones (excluding diaryl/α,β-unsaturated/α-hetero) is 1. The third kappa shape index (κ3) is 3.40. The van der Waals surface area contributed by atoms with Gasteiger partial charge in [-0.1, -0.05) is 18.2 Å². The number of thiophene rings is 1. The quantitative estimate of drug-likeness (QED) is 0.577. The molecule has 32 heavy (non-hydrogen) atoms. The first-order valence-corrected chi connectivity index (χ1v) is 12.7. The number of ether oxygens (including phenoxy) is 1. The molecule has 0 bridgehead atoms. The smallest absolute Gasteiger partial charge is 0.265 e. The Labute approximate surface area is 191 Å². The molecule has 1 atom stereocenters. The van der Waals surface area contributed by atoms with Crippen LogP contribution in [0.3, 0.4) is 0 Å². The van der Waals surface area contributed by atoms with E-state index in [1.54, 1.807) is 30.3 Å². The minimum absolute atomic E-state index is 0.0140. The summed E-state index contributed by atoms with van der Waals surface area (Å²) in [5, 5.41) is 5.30. The van der Waals surface area contributed by atoms with Gasteiger partial charge in [-0.2, -0.15) is 0 Å². The molecule has 0 unspecified atom stereocenters. The number of para-hydroxylation sites is 2. The average molecular weight is 467 g/mol. The van der Waals surface area contributed by atoms with E-state index in [9.17, 15) is 13.2 Å². The summed E-state index contributed by atoms with van der Waals surface area (Å²) in [7, 11) is -2.48. The third-order valence-electron chi connectivity index (χ3n) is 5.82. The van der Waals surface area contributed by atoms with Gasteiger partial charge < -0.3 is 10.1 Å². The molecule has 6 nitrogen and oxygen atoms in total. The van der Waals surface area contributed by atoms with Crippen molar-refractivity contribution in [3.05, 3.63) is 82.2 Å². The average Bonchev–Trinajstić information content (AvgIpc) is 3.28. The molecule has 3 aromatic rings. The number of anilines is 2. The molecule has 2 aliphatic rings. The summed E-state index contributed by atoms with van der Waals surface area (Å²) in [6.07, 6.45) is 1.86. The first-order valence-electron chi connectivity index (χ1n) is 10.3. The predicted molar refractivity (Wildman–Crippen MR) is 126 cm³/mol. The van der Waals surface area contributed by atoms with Crippen molar-refractivity contribution < 1.29 is 17.9 Å². The number of benzene rings is 2. The highest BCUT2D eigenvalue weighted by Crippen LogP contribution is 2.48. The normalized spacial score (nSPS) is 18.5. The summed E-state index contributed by atoms with van der Waals surface area (Å²) >= 11 is 1.45. The molecule has 5 rings (SSSR count). The van der Waals surface area contributed by atoms with Gasteiger partial charge in [0, 0.05) is 22.6 Å². The molecule has 0 fully saturated rings. The number of allylic oxidation sites excluding steroid dienone is 1. The minimum atomic E-state index is -4.01. The Balaban J connectivity index is 1.79. The molecule has 1 N–H and O–H groups in total. The lowest BCUT2D eigenvalue weighted by atomic mass is 9.89. The van der Waals surface area contributed by atoms with Crippen LogP contribution in [0, 0.1) is 0 Å². The lowest BCUT2D eigenvalue weighted by Gasteiger charge is -2.33. The maximum atomic E-state index is 14.1. The number of rotatable bonds is 4. The van der Waals surface area contributed by atoms with Gasteiger partial charge in [0.2, 0.25) is 0 Å². The highest BCUT2D eigenvalue weighted by molar-refractivity contribution is 7.92. The zero-order valence-corrected chi connectivity index (χ0v) is 19.1. The monoisotopic (exact) mass is 466 g/mol. The number of nitrogens with zero attached hydrogens (tertiary/aromatic N) is 1. The number of carbonyl (C=O) groups excluding carboxylic acids is 1. The van der Waals surface area contributed by atoms with Crippen LogP contribution in [0.25, 0.3) is 0 Å². The van der Waals surface area contributed by atoms with E-state index in [0.717, 1.165) is 17.0 Å². The Morgan fingerprint density at radius 1 is 1.03 bits per heavy atom. The molecule has 1 aliphatic heterocycles. The van der Waals surface area contributed by atoms with Crippen LogP contribution < -0.4 is 14.4 Å². The van der Waals surface area contributed by atoms with Crippen LogP contribution in [0.5, 0.6) is 5.75 Å². The fourth-order valence-corrected chi connectivity index (χ4v) is 6.85. The van der Waals surface area contributed by atoms with E-state index in [1.807, 2.05) is 35.7 Å². The van der Waals surface area contributed by atoms with Crippen molar-refractivity contribution in [1.29, 1.82) is 0 Å². The Hall–Kier alpha value is -3.10. The highest BCUT2D eigenvalue weighted by atomic mass is 32.2. The molecule has 2 heterocycles. The molecule has 2 aromatic carbocycles. The highest BCUT2D eigenvalue weighted by Gasteiger charge is 2.42. The zero-order valence-electron chi connectivity index (χ0n) is 17.4. The molecule has 164 valence electrons. The number of ketones is 1. The summed E-state index contributed by atoms with van der Waals surface area (Å²) in [6.45, 7) is 0. The summed E-state index contributed by atoms with van der Waals surface area (Å²) in [5.41, 5.74) is 2.53. The van der Waals surface area contributed by atoms with Gasteiger partial charge >= 0.3 is 0 Å². The molecule has 0 spiro atoms. The van der Waals surface area contributed by atoms with Gasteiger partial charge in [-0.05, 0) is 60.7 Å². The predicted octanol–water partition coefficient (Wildman–Crippen LogP) is 5.13. The number of hydrogen-bond acceptors (Lipinski definition) is 6. The molecule has 0 saturated heterocycles. The Bertz CT molecular complexity index is 1300. The molecule has 1 aromatic heterocycles. The number of hydrogen-bond donors (Lipinski definition) is 1. The first-order chi connectivity index (χ1) is 15.5. The van der Waals surface area contributed by atoms with Gasteiger partial charge in [0.05, 0.1) is 23.4 Å². The largest absolute Gasteiger partial charge is 0.497 e. The number of fused-ring (bicyclic) bond motifs is 1. The van der Waals surface area contributed by atoms with E-state index in [1.165, 1.54) is 22.8 Å². The van der Waals surface area contributed by atoms with Gasteiger partial charge in [-0.3, -0.25) is 9.10 Å². The van der Waals surface area contributed by atoms with Gasteiger partial charge in [0.25, 0.3) is 10.0 Å². The van der Waals surface area contributed by atoms with Crippen molar-refractivity contribution in [3.8, 4) is 5.75 Å². The van der Waals surface area contributed by atoms with Crippen LogP contribution in [0.1, 0.15) is 30.2 Å². The van der Waals surface area contributed by atoms with Crippen LogP contribution in [-0.4, -0.2) is 21.3 Å². The third-order valence-corrected chi connectivity index (χ3v) is 8.54. The second kappa shape index (κ2) is 8.11. The van der Waals surface area contributed by atoms with E-state index < -0.39 is 16.1 Å². The van der Waals surface area contributed by atoms with Crippen LogP contribution >= 0.6 is 11.3 Å². The van der Waals surface area contributed by atoms with Crippen LogP contribution in [0.4, 0.5) is 11.4 Å². The Morgan fingerprint density at radius 3 is 2.53 bits per heavy atom. The van der Waals surface area contributed by atoms with Crippen molar-refractivity contribution in [2.45, 2.75) is 30.2 Å². The van der Waals surface area contributed by atoms with Gasteiger partial charge in [-0.25, -0.2) is 8.42 Å². The summed E-state index contributed by atoms with van der Waals surface area (Å²) in [6, 6.07) is 16.7. The minimum Gasteiger partial charge on any atom is -0.497 e. The maximum Gasteiger partial charge on any atom is 0.265 e. The molecule has 0 radical (unpaired) electrons. The summed E-state index contributed by atoms with van der Waals surface area (Å²) < 4.78 is 34.8. The van der Waals surface area contributed by atoms with Crippen molar-refractivity contribution in [2.24, 2.45) is 0 Å². The second-order valence-electron chi connectivity index (χ2n) is 7.71. The van der Waals surface area contributed by atoms with E-state index in [-0.39, 0.29) is 10.7 Å². The first kappa shape index (κ1) is 20.8.